The first kappa shape index (κ1) is 14.8. The quantitative estimate of drug-likeness (QED) is 0.818. The number of nitrogens with one attached hydrogen (secondary N) is 1. The van der Waals surface area contributed by atoms with Crippen molar-refractivity contribution in [3.63, 3.8) is 0 Å². The zero-order valence-electron chi connectivity index (χ0n) is 10.5. The standard InChI is InChI=1S/C14H16BrClFNO/c15-7-9-3-1-4-10(9)8-18-14(19)11-5-2-6-12(16)13(11)17/h2,5-6,9-10H,1,3-4,7-8H2,(H,18,19). The van der Waals surface area contributed by atoms with Crippen LogP contribution in [0.4, 0.5) is 4.39 Å². The van der Waals surface area contributed by atoms with E-state index in [1.165, 1.54) is 25.0 Å². The number of hydrogen-bond acceptors (Lipinski definition) is 1. The summed E-state index contributed by atoms with van der Waals surface area (Å²) in [5.74, 6) is 0.0421. The SMILES string of the molecule is O=C(NCC1CCCC1CBr)c1cccc(Cl)c1F. The first-order valence-corrected chi connectivity index (χ1v) is 7.91. The van der Waals surface area contributed by atoms with E-state index in [2.05, 4.69) is 21.2 Å². The third-order valence-corrected chi connectivity index (χ3v) is 4.86. The molecule has 1 saturated carbocycles. The zero-order chi connectivity index (χ0) is 13.8. The van der Waals surface area contributed by atoms with Gasteiger partial charge in [0, 0.05) is 11.9 Å². The summed E-state index contributed by atoms with van der Waals surface area (Å²) in [7, 11) is 0. The van der Waals surface area contributed by atoms with Gasteiger partial charge in [0.15, 0.2) is 5.82 Å². The molecular formula is C14H16BrClFNO. The molecule has 1 fully saturated rings. The van der Waals surface area contributed by atoms with Crippen LogP contribution in [0.5, 0.6) is 0 Å². The molecule has 0 aliphatic heterocycles. The molecule has 0 bridgehead atoms. The second kappa shape index (κ2) is 6.71. The molecule has 0 heterocycles. The number of carbonyl (C=O) groups excluding carboxylic acids is 1. The molecule has 0 saturated heterocycles. The Kier molecular flexibility index (Phi) is 5.22. The van der Waals surface area contributed by atoms with E-state index in [1.54, 1.807) is 6.07 Å². The first-order valence-electron chi connectivity index (χ1n) is 6.41. The van der Waals surface area contributed by atoms with E-state index in [-0.39, 0.29) is 16.5 Å². The maximum atomic E-state index is 13.7. The van der Waals surface area contributed by atoms with Gasteiger partial charge in [0.2, 0.25) is 0 Å². The van der Waals surface area contributed by atoms with Crippen LogP contribution in [0, 0.1) is 17.7 Å². The molecule has 5 heteroatoms. The van der Waals surface area contributed by atoms with Gasteiger partial charge in [0.05, 0.1) is 10.6 Å². The maximum Gasteiger partial charge on any atom is 0.254 e. The van der Waals surface area contributed by atoms with Crippen molar-refractivity contribution in [2.75, 3.05) is 11.9 Å². The van der Waals surface area contributed by atoms with Crippen LogP contribution in [0.25, 0.3) is 0 Å². The van der Waals surface area contributed by atoms with Gasteiger partial charge in [-0.25, -0.2) is 4.39 Å². The number of rotatable bonds is 4. The Morgan fingerprint density at radius 3 is 2.89 bits per heavy atom. The summed E-state index contributed by atoms with van der Waals surface area (Å²) in [5.41, 5.74) is 0.0147. The molecule has 2 nitrogen and oxygen atoms in total. The van der Waals surface area contributed by atoms with Crippen molar-refractivity contribution in [2.45, 2.75) is 19.3 Å². The third kappa shape index (κ3) is 3.48. The molecule has 104 valence electrons. The summed E-state index contributed by atoms with van der Waals surface area (Å²) in [5, 5.41) is 3.75. The second-order valence-electron chi connectivity index (χ2n) is 4.92. The van der Waals surface area contributed by atoms with Crippen LogP contribution in [-0.2, 0) is 0 Å². The number of alkyl halides is 1. The highest BCUT2D eigenvalue weighted by Crippen LogP contribution is 2.32. The first-order chi connectivity index (χ1) is 9.13. The predicted molar refractivity (Wildman–Crippen MR) is 78.4 cm³/mol. The van der Waals surface area contributed by atoms with Gasteiger partial charge in [-0.15, -0.1) is 0 Å². The molecule has 2 atom stereocenters. The van der Waals surface area contributed by atoms with Crippen LogP contribution in [0.15, 0.2) is 18.2 Å². The zero-order valence-corrected chi connectivity index (χ0v) is 12.8. The van der Waals surface area contributed by atoms with Crippen LogP contribution in [0.3, 0.4) is 0 Å². The molecule has 1 aliphatic rings. The molecule has 0 spiro atoms. The van der Waals surface area contributed by atoms with Gasteiger partial charge in [-0.3, -0.25) is 4.79 Å². The number of amides is 1. The van der Waals surface area contributed by atoms with Gasteiger partial charge in [0.25, 0.3) is 5.91 Å². The maximum absolute atomic E-state index is 13.7. The van der Waals surface area contributed by atoms with Crippen molar-refractivity contribution in [1.29, 1.82) is 0 Å². The Morgan fingerprint density at radius 2 is 2.16 bits per heavy atom. The van der Waals surface area contributed by atoms with E-state index >= 15 is 0 Å². The largest absolute Gasteiger partial charge is 0.352 e. The third-order valence-electron chi connectivity index (χ3n) is 3.74. The minimum absolute atomic E-state index is 0.0147. The Hall–Kier alpha value is -0.610. The van der Waals surface area contributed by atoms with Crippen LogP contribution in [-0.4, -0.2) is 17.8 Å². The summed E-state index contributed by atoms with van der Waals surface area (Å²) >= 11 is 9.17. The van der Waals surface area contributed by atoms with E-state index in [1.807, 2.05) is 0 Å². The molecular weight excluding hydrogens is 333 g/mol. The average Bonchev–Trinajstić information content (AvgIpc) is 2.86. The normalized spacial score (nSPS) is 22.5. The lowest BCUT2D eigenvalue weighted by molar-refractivity contribution is 0.0941. The second-order valence-corrected chi connectivity index (χ2v) is 5.97. The van der Waals surface area contributed by atoms with Crippen molar-refractivity contribution in [1.82, 2.24) is 5.32 Å². The highest BCUT2D eigenvalue weighted by Gasteiger charge is 2.26. The molecule has 0 radical (unpaired) electrons. The predicted octanol–water partition coefficient (Wildman–Crippen LogP) is 4.02. The van der Waals surface area contributed by atoms with Crippen molar-refractivity contribution >= 4 is 33.4 Å². The topological polar surface area (TPSA) is 29.1 Å². The Balaban J connectivity index is 1.96. The summed E-state index contributed by atoms with van der Waals surface area (Å²) in [6.45, 7) is 0.598. The van der Waals surface area contributed by atoms with Crippen LogP contribution in [0.1, 0.15) is 29.6 Å². The van der Waals surface area contributed by atoms with Crippen molar-refractivity contribution in [3.05, 3.63) is 34.6 Å². The van der Waals surface area contributed by atoms with Crippen molar-refractivity contribution < 1.29 is 9.18 Å². The fourth-order valence-corrected chi connectivity index (χ4v) is 3.61. The number of hydrogen-bond donors (Lipinski definition) is 1. The summed E-state index contributed by atoms with van der Waals surface area (Å²) < 4.78 is 13.7. The average molecular weight is 349 g/mol. The van der Waals surface area contributed by atoms with Crippen molar-refractivity contribution in [3.8, 4) is 0 Å². The Labute approximate surface area is 125 Å². The summed E-state index contributed by atoms with van der Waals surface area (Å²) in [6, 6.07) is 4.47. The van der Waals surface area contributed by atoms with Crippen LogP contribution >= 0.6 is 27.5 Å². The van der Waals surface area contributed by atoms with Crippen LogP contribution in [0.2, 0.25) is 5.02 Å². The highest BCUT2D eigenvalue weighted by molar-refractivity contribution is 9.09. The van der Waals surface area contributed by atoms with E-state index in [9.17, 15) is 9.18 Å². The molecule has 0 aromatic heterocycles. The van der Waals surface area contributed by atoms with Gasteiger partial charge < -0.3 is 5.32 Å². The number of benzene rings is 1. The molecule has 2 unspecified atom stereocenters. The van der Waals surface area contributed by atoms with Crippen molar-refractivity contribution in [2.24, 2.45) is 11.8 Å². The Bertz CT molecular complexity index is 469. The summed E-state index contributed by atoms with van der Waals surface area (Å²) in [4.78, 5) is 11.9. The molecule has 1 aromatic carbocycles. The lowest BCUT2D eigenvalue weighted by atomic mass is 9.98. The molecule has 2 rings (SSSR count). The fourth-order valence-electron chi connectivity index (χ4n) is 2.58. The highest BCUT2D eigenvalue weighted by atomic mass is 79.9. The fraction of sp³-hybridized carbons (Fsp3) is 0.500. The molecule has 19 heavy (non-hydrogen) atoms. The molecule has 1 aliphatic carbocycles. The molecule has 1 aromatic rings. The van der Waals surface area contributed by atoms with E-state index in [0.29, 0.717) is 18.4 Å². The van der Waals surface area contributed by atoms with Gasteiger partial charge in [-0.2, -0.15) is 0 Å². The minimum atomic E-state index is -0.648. The number of carbonyl (C=O) groups is 1. The van der Waals surface area contributed by atoms with Gasteiger partial charge >= 0.3 is 0 Å². The van der Waals surface area contributed by atoms with Gasteiger partial charge in [-0.05, 0) is 36.8 Å². The molecule has 1 amide bonds. The Morgan fingerprint density at radius 1 is 1.42 bits per heavy atom. The van der Waals surface area contributed by atoms with E-state index < -0.39 is 5.82 Å². The lowest BCUT2D eigenvalue weighted by Gasteiger charge is -2.17. The number of halogens is 3. The van der Waals surface area contributed by atoms with Crippen LogP contribution < -0.4 is 5.32 Å². The van der Waals surface area contributed by atoms with Gasteiger partial charge in [-0.1, -0.05) is 40.0 Å². The van der Waals surface area contributed by atoms with E-state index in [4.69, 9.17) is 11.6 Å². The monoisotopic (exact) mass is 347 g/mol. The molecule has 1 N–H and O–H groups in total. The summed E-state index contributed by atoms with van der Waals surface area (Å²) in [6.07, 6.45) is 3.51. The smallest absolute Gasteiger partial charge is 0.254 e. The van der Waals surface area contributed by atoms with E-state index in [0.717, 1.165) is 11.8 Å². The van der Waals surface area contributed by atoms with Gasteiger partial charge in [0.1, 0.15) is 0 Å². The minimum Gasteiger partial charge on any atom is -0.352 e. The lowest BCUT2D eigenvalue weighted by Crippen LogP contribution is -2.31.